The molecule has 36 heavy (non-hydrogen) atoms. The van der Waals surface area contributed by atoms with Gasteiger partial charge in [-0.3, -0.25) is 9.59 Å². The fourth-order valence-electron chi connectivity index (χ4n) is 8.87. The normalized spacial score (nSPS) is 45.1. The van der Waals surface area contributed by atoms with Crippen molar-refractivity contribution in [2.45, 2.75) is 95.2 Å². The lowest BCUT2D eigenvalue weighted by Gasteiger charge is -2.45. The molecule has 0 radical (unpaired) electrons. The van der Waals surface area contributed by atoms with E-state index in [0.29, 0.717) is 18.8 Å². The summed E-state index contributed by atoms with van der Waals surface area (Å²) in [6.07, 6.45) is 5.42. The number of rotatable bonds is 7. The van der Waals surface area contributed by atoms with E-state index in [1.165, 1.54) is 7.11 Å². The first kappa shape index (κ1) is 26.4. The van der Waals surface area contributed by atoms with E-state index in [1.807, 2.05) is 0 Å². The molecule has 0 unspecified atom stereocenters. The largest absolute Gasteiger partial charge is 0.469 e. The quantitative estimate of drug-likeness (QED) is 0.232. The number of methoxy groups -OCH3 is 1. The molecule has 9 atom stereocenters. The van der Waals surface area contributed by atoms with Crippen molar-refractivity contribution in [1.82, 2.24) is 0 Å². The number of esters is 2. The van der Waals surface area contributed by atoms with Crippen LogP contribution in [-0.2, 0) is 28.2 Å². The lowest BCUT2D eigenvalue weighted by atomic mass is 9.58. The van der Waals surface area contributed by atoms with Crippen molar-refractivity contribution in [3.63, 3.8) is 0 Å². The van der Waals surface area contributed by atoms with Crippen LogP contribution >= 0.6 is 0 Å². The predicted molar refractivity (Wildman–Crippen MR) is 136 cm³/mol. The average Bonchev–Trinajstić information content (AvgIpc) is 3.28. The Hall–Kier alpha value is -1.22. The van der Waals surface area contributed by atoms with Crippen LogP contribution in [0.5, 0.6) is 0 Å². The van der Waals surface area contributed by atoms with Crippen molar-refractivity contribution in [1.29, 1.82) is 0 Å². The number of carbonyl (C=O) groups is 2. The van der Waals surface area contributed by atoms with Gasteiger partial charge in [0.1, 0.15) is 11.0 Å². The highest BCUT2D eigenvalue weighted by Crippen LogP contribution is 2.77. The number of hydrogen-bond donors (Lipinski definition) is 1. The summed E-state index contributed by atoms with van der Waals surface area (Å²) in [5.41, 5.74) is -2.38. The lowest BCUT2D eigenvalue weighted by molar-refractivity contribution is -0.168. The van der Waals surface area contributed by atoms with Crippen molar-refractivity contribution in [2.75, 3.05) is 20.3 Å². The van der Waals surface area contributed by atoms with Crippen LogP contribution in [0.2, 0.25) is 18.1 Å². The molecule has 8 heteroatoms. The monoisotopic (exact) mass is 520 g/mol. The fourth-order valence-corrected chi connectivity index (χ4v) is 10.3. The summed E-state index contributed by atoms with van der Waals surface area (Å²) in [6.45, 7) is 15.4. The van der Waals surface area contributed by atoms with Gasteiger partial charge in [-0.2, -0.15) is 0 Å². The summed E-state index contributed by atoms with van der Waals surface area (Å²) in [5.74, 6) is -1.27. The second-order valence-electron chi connectivity index (χ2n) is 13.7. The molecule has 4 bridgehead atoms. The third-order valence-corrected chi connectivity index (χ3v) is 15.7. The van der Waals surface area contributed by atoms with Gasteiger partial charge in [0.25, 0.3) is 0 Å². The zero-order valence-corrected chi connectivity index (χ0v) is 23.8. The van der Waals surface area contributed by atoms with Crippen LogP contribution in [0.15, 0.2) is 12.7 Å². The molecule has 1 aliphatic heterocycles. The number of ether oxygens (including phenoxy) is 3. The highest BCUT2D eigenvalue weighted by Gasteiger charge is 2.85. The van der Waals surface area contributed by atoms with Crippen molar-refractivity contribution >= 4 is 20.3 Å². The van der Waals surface area contributed by atoms with Crippen molar-refractivity contribution in [3.05, 3.63) is 12.7 Å². The molecule has 1 saturated heterocycles. The summed E-state index contributed by atoms with van der Waals surface area (Å²) < 4.78 is 24.7. The van der Waals surface area contributed by atoms with E-state index < -0.39 is 43.2 Å². The molecule has 0 aromatic carbocycles. The maximum atomic E-state index is 13.7. The van der Waals surface area contributed by atoms with Gasteiger partial charge in [0.2, 0.25) is 0 Å². The summed E-state index contributed by atoms with van der Waals surface area (Å²) >= 11 is 0. The number of aliphatic hydroxyl groups excluding tert-OH is 1. The minimum absolute atomic E-state index is 0.0229. The van der Waals surface area contributed by atoms with Crippen LogP contribution in [-0.4, -0.2) is 63.5 Å². The van der Waals surface area contributed by atoms with Crippen molar-refractivity contribution < 1.29 is 33.3 Å². The summed E-state index contributed by atoms with van der Waals surface area (Å²) in [5, 5.41) is 11.4. The third kappa shape index (κ3) is 3.26. The molecule has 1 spiro atoms. The van der Waals surface area contributed by atoms with Gasteiger partial charge in [0.05, 0.1) is 32.3 Å². The lowest BCUT2D eigenvalue weighted by Crippen LogP contribution is -2.57. The van der Waals surface area contributed by atoms with Gasteiger partial charge in [-0.05, 0) is 68.0 Å². The van der Waals surface area contributed by atoms with E-state index in [-0.39, 0.29) is 41.7 Å². The topological polar surface area (TPSA) is 91.3 Å². The molecule has 5 rings (SSSR count). The van der Waals surface area contributed by atoms with Crippen LogP contribution in [0.3, 0.4) is 0 Å². The molecule has 1 heterocycles. The van der Waals surface area contributed by atoms with E-state index >= 15 is 0 Å². The van der Waals surface area contributed by atoms with Gasteiger partial charge >= 0.3 is 11.9 Å². The second kappa shape index (κ2) is 8.39. The maximum Gasteiger partial charge on any atom is 0.318 e. The predicted octanol–water partition coefficient (Wildman–Crippen LogP) is 4.24. The van der Waals surface area contributed by atoms with Gasteiger partial charge in [0.15, 0.2) is 8.32 Å². The zero-order chi connectivity index (χ0) is 26.3. The zero-order valence-electron chi connectivity index (χ0n) is 22.8. The number of aliphatic hydroxyl groups is 1. The van der Waals surface area contributed by atoms with E-state index in [4.69, 9.17) is 18.6 Å². The summed E-state index contributed by atoms with van der Waals surface area (Å²) in [4.78, 5) is 27.3. The average molecular weight is 521 g/mol. The third-order valence-electron chi connectivity index (χ3n) is 11.2. The minimum atomic E-state index is -2.02. The van der Waals surface area contributed by atoms with Gasteiger partial charge in [-0.25, -0.2) is 0 Å². The Kier molecular flexibility index (Phi) is 6.15. The fraction of sp³-hybridized carbons (Fsp3) is 0.857. The molecule has 1 N–H and O–H groups in total. The summed E-state index contributed by atoms with van der Waals surface area (Å²) in [6, 6.07) is 0. The molecular formula is C28H44O7Si. The Balaban J connectivity index is 1.59. The molecule has 5 aliphatic rings. The molecule has 4 aliphatic carbocycles. The highest BCUT2D eigenvalue weighted by molar-refractivity contribution is 6.74. The molecular weight excluding hydrogens is 476 g/mol. The Morgan fingerprint density at radius 1 is 1.25 bits per heavy atom. The van der Waals surface area contributed by atoms with Crippen LogP contribution in [0.4, 0.5) is 0 Å². The van der Waals surface area contributed by atoms with E-state index in [2.05, 4.69) is 40.4 Å². The maximum absolute atomic E-state index is 13.7. The molecule has 0 aromatic heterocycles. The number of hydrogen-bond acceptors (Lipinski definition) is 7. The van der Waals surface area contributed by atoms with Gasteiger partial charge in [0, 0.05) is 17.9 Å². The molecule has 0 amide bonds. The first-order valence-electron chi connectivity index (χ1n) is 13.7. The Bertz CT molecular complexity index is 943. The Labute approximate surface area is 216 Å². The van der Waals surface area contributed by atoms with Crippen LogP contribution < -0.4 is 0 Å². The van der Waals surface area contributed by atoms with Gasteiger partial charge < -0.3 is 23.7 Å². The molecule has 7 nitrogen and oxygen atoms in total. The summed E-state index contributed by atoms with van der Waals surface area (Å²) in [7, 11) is -0.588. The smallest absolute Gasteiger partial charge is 0.318 e. The first-order valence-corrected chi connectivity index (χ1v) is 16.6. The molecule has 4 saturated carbocycles. The van der Waals surface area contributed by atoms with Crippen molar-refractivity contribution in [3.8, 4) is 0 Å². The standard InChI is InChI=1S/C28H44O7Si/c1-8-13-33-16-27-20(29)11-12-28(34-24(27)31)19-10-9-17-14-26(19,21(22(27)28)23(30)32-5)15-18(17)35-36(6,7)25(2,3)4/h8,17-22,29H,1,9-16H2,2-7H3/t17-,18+,19-,20-,21-,22-,26-,27+,28-/m1/s1. The first-order chi connectivity index (χ1) is 16.8. The van der Waals surface area contributed by atoms with Gasteiger partial charge in [-0.15, -0.1) is 6.58 Å². The van der Waals surface area contributed by atoms with Crippen molar-refractivity contribution in [2.24, 2.45) is 34.5 Å². The molecule has 5 fully saturated rings. The minimum Gasteiger partial charge on any atom is -0.469 e. The highest BCUT2D eigenvalue weighted by atomic mass is 28.4. The molecule has 0 aromatic rings. The number of carbonyl (C=O) groups excluding carboxylic acids is 2. The number of fused-ring (bicyclic) bond motifs is 1. The Morgan fingerprint density at radius 2 is 1.97 bits per heavy atom. The van der Waals surface area contributed by atoms with Gasteiger partial charge in [-0.1, -0.05) is 26.8 Å². The van der Waals surface area contributed by atoms with Crippen LogP contribution in [0.1, 0.15) is 59.3 Å². The SMILES string of the molecule is C=CCOC[C@]12C(=O)O[C@]3(CC[C@H]1O)[C@@H]1CC[C@@H]4C[C@]1(C[C@@H]4O[Si](C)(C)C(C)(C)C)[C@@H](C(=O)OC)[C@@H]32. The second-order valence-corrected chi connectivity index (χ2v) is 18.4. The molecule has 202 valence electrons. The van der Waals surface area contributed by atoms with Crippen LogP contribution in [0.25, 0.3) is 0 Å². The van der Waals surface area contributed by atoms with Crippen LogP contribution in [0, 0.1) is 34.5 Å². The van der Waals surface area contributed by atoms with E-state index in [0.717, 1.165) is 25.7 Å². The van der Waals surface area contributed by atoms with E-state index in [9.17, 15) is 14.7 Å². The van der Waals surface area contributed by atoms with E-state index in [1.54, 1.807) is 6.08 Å². The Morgan fingerprint density at radius 3 is 2.61 bits per heavy atom.